The molecule has 0 radical (unpaired) electrons. The summed E-state index contributed by atoms with van der Waals surface area (Å²) in [6, 6.07) is 4.19. The van der Waals surface area contributed by atoms with Crippen LogP contribution in [0.25, 0.3) is 0 Å². The summed E-state index contributed by atoms with van der Waals surface area (Å²) in [5.41, 5.74) is 0. The van der Waals surface area contributed by atoms with Crippen molar-refractivity contribution in [3.05, 3.63) is 24.2 Å². The molecule has 0 atom stereocenters. The number of rotatable bonds is 6. The molecule has 0 spiro atoms. The molecule has 0 aliphatic rings. The lowest BCUT2D eigenvalue weighted by atomic mass is 10.3. The molecule has 0 fully saturated rings. The summed E-state index contributed by atoms with van der Waals surface area (Å²) in [6.45, 7) is 0.643. The highest BCUT2D eigenvalue weighted by molar-refractivity contribution is 5.27. The number of anilines is 1. The lowest BCUT2D eigenvalue weighted by Crippen LogP contribution is -2.10. The molecule has 1 N–H and O–H groups in total. The highest BCUT2D eigenvalue weighted by Gasteiger charge is 2.06. The van der Waals surface area contributed by atoms with Gasteiger partial charge in [0.05, 0.1) is 20.5 Å². The Labute approximate surface area is 104 Å². The molecule has 0 aliphatic heterocycles. The fourth-order valence-corrected chi connectivity index (χ4v) is 1.35. The fraction of sp³-hybridized carbons (Fsp3) is 0.364. The van der Waals surface area contributed by atoms with Crippen LogP contribution in [0.4, 0.5) is 5.95 Å². The molecular weight excluding hydrogens is 236 g/mol. The Hall–Kier alpha value is -2.31. The molecule has 0 unspecified atom stereocenters. The standard InChI is InChI=1S/C11H14N4O3/c1-16-10-13-9(14-11(15-10)17-2)12-6-5-8-4-3-7-18-8/h3-4,7H,5-6H2,1-2H3,(H,12,13,14,15). The van der Waals surface area contributed by atoms with Crippen molar-refractivity contribution in [1.82, 2.24) is 15.0 Å². The maximum atomic E-state index is 5.22. The van der Waals surface area contributed by atoms with E-state index in [2.05, 4.69) is 20.3 Å². The lowest BCUT2D eigenvalue weighted by Gasteiger charge is -2.06. The van der Waals surface area contributed by atoms with E-state index in [1.54, 1.807) is 6.26 Å². The topological polar surface area (TPSA) is 82.3 Å². The molecule has 96 valence electrons. The van der Waals surface area contributed by atoms with Crippen LogP contribution in [0, 0.1) is 0 Å². The van der Waals surface area contributed by atoms with Crippen molar-refractivity contribution in [2.45, 2.75) is 6.42 Å². The van der Waals surface area contributed by atoms with Crippen molar-refractivity contribution in [2.24, 2.45) is 0 Å². The van der Waals surface area contributed by atoms with E-state index in [-0.39, 0.29) is 12.0 Å². The molecular formula is C11H14N4O3. The first-order chi connectivity index (χ1) is 8.81. The summed E-state index contributed by atoms with van der Waals surface area (Å²) < 4.78 is 15.1. The number of furan rings is 1. The van der Waals surface area contributed by atoms with E-state index in [1.807, 2.05) is 12.1 Å². The van der Waals surface area contributed by atoms with Gasteiger partial charge in [-0.05, 0) is 12.1 Å². The van der Waals surface area contributed by atoms with Gasteiger partial charge in [-0.2, -0.15) is 9.97 Å². The first-order valence-electron chi connectivity index (χ1n) is 5.42. The second kappa shape index (κ2) is 5.85. The summed E-state index contributed by atoms with van der Waals surface area (Å²) in [5.74, 6) is 1.31. The third kappa shape index (κ3) is 3.09. The first-order valence-corrected chi connectivity index (χ1v) is 5.42. The van der Waals surface area contributed by atoms with Crippen molar-refractivity contribution in [2.75, 3.05) is 26.1 Å². The van der Waals surface area contributed by atoms with E-state index in [1.165, 1.54) is 14.2 Å². The maximum absolute atomic E-state index is 5.22. The molecule has 0 amide bonds. The number of hydrogen-bond donors (Lipinski definition) is 1. The quantitative estimate of drug-likeness (QED) is 0.822. The number of nitrogens with zero attached hydrogens (tertiary/aromatic N) is 3. The summed E-state index contributed by atoms with van der Waals surface area (Å²) >= 11 is 0. The number of ether oxygens (including phenoxy) is 2. The number of methoxy groups -OCH3 is 2. The zero-order valence-corrected chi connectivity index (χ0v) is 10.2. The second-order valence-electron chi connectivity index (χ2n) is 3.39. The van der Waals surface area contributed by atoms with Gasteiger partial charge in [-0.15, -0.1) is 4.98 Å². The molecule has 0 saturated heterocycles. The molecule has 2 aromatic rings. The van der Waals surface area contributed by atoms with Crippen LogP contribution in [0.2, 0.25) is 0 Å². The van der Waals surface area contributed by atoms with Crippen LogP contribution in [-0.4, -0.2) is 35.7 Å². The zero-order valence-electron chi connectivity index (χ0n) is 10.2. The van der Waals surface area contributed by atoms with E-state index in [0.717, 1.165) is 12.2 Å². The molecule has 0 aromatic carbocycles. The molecule has 0 bridgehead atoms. The molecule has 0 saturated carbocycles. The van der Waals surface area contributed by atoms with Gasteiger partial charge in [0.1, 0.15) is 5.76 Å². The number of nitrogens with one attached hydrogen (secondary N) is 1. The Morgan fingerprint density at radius 3 is 2.44 bits per heavy atom. The third-order valence-electron chi connectivity index (χ3n) is 2.19. The van der Waals surface area contributed by atoms with E-state index in [0.29, 0.717) is 12.5 Å². The molecule has 7 heteroatoms. The average Bonchev–Trinajstić information content (AvgIpc) is 2.91. The van der Waals surface area contributed by atoms with E-state index in [4.69, 9.17) is 13.9 Å². The van der Waals surface area contributed by atoms with Crippen LogP contribution in [0.1, 0.15) is 5.76 Å². The largest absolute Gasteiger partial charge is 0.469 e. The third-order valence-corrected chi connectivity index (χ3v) is 2.19. The monoisotopic (exact) mass is 250 g/mol. The van der Waals surface area contributed by atoms with Gasteiger partial charge in [0.15, 0.2) is 0 Å². The van der Waals surface area contributed by atoms with E-state index < -0.39 is 0 Å². The van der Waals surface area contributed by atoms with Gasteiger partial charge < -0.3 is 19.2 Å². The number of hydrogen-bond acceptors (Lipinski definition) is 7. The molecule has 7 nitrogen and oxygen atoms in total. The van der Waals surface area contributed by atoms with Crippen LogP contribution >= 0.6 is 0 Å². The second-order valence-corrected chi connectivity index (χ2v) is 3.39. The Balaban J connectivity index is 1.95. The van der Waals surface area contributed by atoms with Crippen molar-refractivity contribution in [3.63, 3.8) is 0 Å². The Bertz CT molecular complexity index is 465. The summed E-state index contributed by atoms with van der Waals surface area (Å²) in [5, 5.41) is 3.05. The maximum Gasteiger partial charge on any atom is 0.324 e. The molecule has 2 aromatic heterocycles. The zero-order chi connectivity index (χ0) is 12.8. The van der Waals surface area contributed by atoms with Gasteiger partial charge in [0.2, 0.25) is 5.95 Å². The van der Waals surface area contributed by atoms with Crippen molar-refractivity contribution in [1.29, 1.82) is 0 Å². The van der Waals surface area contributed by atoms with Crippen LogP contribution in [-0.2, 0) is 6.42 Å². The molecule has 18 heavy (non-hydrogen) atoms. The first kappa shape index (κ1) is 12.2. The number of aromatic nitrogens is 3. The van der Waals surface area contributed by atoms with E-state index >= 15 is 0 Å². The SMILES string of the molecule is COc1nc(NCCc2ccco2)nc(OC)n1. The minimum atomic E-state index is 0.211. The summed E-state index contributed by atoms with van der Waals surface area (Å²) in [6.07, 6.45) is 2.38. The van der Waals surface area contributed by atoms with Crippen molar-refractivity contribution in [3.8, 4) is 12.0 Å². The predicted molar refractivity (Wildman–Crippen MR) is 63.8 cm³/mol. The van der Waals surface area contributed by atoms with Crippen LogP contribution in [0.15, 0.2) is 22.8 Å². The van der Waals surface area contributed by atoms with Crippen LogP contribution in [0.5, 0.6) is 12.0 Å². The average molecular weight is 250 g/mol. The smallest absolute Gasteiger partial charge is 0.324 e. The van der Waals surface area contributed by atoms with Crippen LogP contribution < -0.4 is 14.8 Å². The Morgan fingerprint density at radius 1 is 1.17 bits per heavy atom. The Morgan fingerprint density at radius 2 is 1.89 bits per heavy atom. The van der Waals surface area contributed by atoms with Gasteiger partial charge in [-0.1, -0.05) is 0 Å². The molecule has 2 rings (SSSR count). The normalized spacial score (nSPS) is 10.1. The highest BCUT2D eigenvalue weighted by atomic mass is 16.5. The highest BCUT2D eigenvalue weighted by Crippen LogP contribution is 2.12. The molecule has 0 aliphatic carbocycles. The summed E-state index contributed by atoms with van der Waals surface area (Å²) in [4.78, 5) is 12.0. The van der Waals surface area contributed by atoms with Gasteiger partial charge in [0, 0.05) is 13.0 Å². The van der Waals surface area contributed by atoms with E-state index in [9.17, 15) is 0 Å². The van der Waals surface area contributed by atoms with Gasteiger partial charge in [-0.3, -0.25) is 0 Å². The molecule has 2 heterocycles. The van der Waals surface area contributed by atoms with Crippen LogP contribution in [0.3, 0.4) is 0 Å². The van der Waals surface area contributed by atoms with Crippen molar-refractivity contribution < 1.29 is 13.9 Å². The Kier molecular flexibility index (Phi) is 3.95. The predicted octanol–water partition coefficient (Wildman–Crippen LogP) is 1.14. The van der Waals surface area contributed by atoms with Gasteiger partial charge >= 0.3 is 12.0 Å². The minimum absolute atomic E-state index is 0.211. The van der Waals surface area contributed by atoms with Crippen molar-refractivity contribution >= 4 is 5.95 Å². The lowest BCUT2D eigenvalue weighted by molar-refractivity contribution is 0.341. The fourth-order valence-electron chi connectivity index (χ4n) is 1.35. The summed E-state index contributed by atoms with van der Waals surface area (Å²) in [7, 11) is 2.98. The van der Waals surface area contributed by atoms with Gasteiger partial charge in [0.25, 0.3) is 0 Å². The van der Waals surface area contributed by atoms with Gasteiger partial charge in [-0.25, -0.2) is 0 Å². The minimum Gasteiger partial charge on any atom is -0.469 e.